The normalized spacial score (nSPS) is 23.5. The van der Waals surface area contributed by atoms with Crippen LogP contribution < -0.4 is 5.32 Å². The summed E-state index contributed by atoms with van der Waals surface area (Å²) < 4.78 is 66.4. The first kappa shape index (κ1) is 32.0. The maximum Gasteiger partial charge on any atom is 0.416 e. The van der Waals surface area contributed by atoms with Gasteiger partial charge in [-0.1, -0.05) is 31.2 Å². The molecule has 0 spiro atoms. The van der Waals surface area contributed by atoms with Crippen LogP contribution in [0.1, 0.15) is 68.8 Å². The summed E-state index contributed by atoms with van der Waals surface area (Å²) in [5.41, 5.74) is -1.11. The van der Waals surface area contributed by atoms with E-state index < -0.39 is 33.5 Å². The molecule has 0 bridgehead atoms. The zero-order valence-electron chi connectivity index (χ0n) is 24.3. The van der Waals surface area contributed by atoms with Gasteiger partial charge < -0.3 is 10.2 Å². The fourth-order valence-electron chi connectivity index (χ4n) is 6.48. The van der Waals surface area contributed by atoms with Gasteiger partial charge >= 0.3 is 6.18 Å². The second-order valence-electron chi connectivity index (χ2n) is 11.6. The van der Waals surface area contributed by atoms with Crippen molar-refractivity contribution in [2.45, 2.75) is 88.1 Å². The summed E-state index contributed by atoms with van der Waals surface area (Å²) in [6, 6.07) is 11.7. The van der Waals surface area contributed by atoms with Crippen LogP contribution in [0.25, 0.3) is 0 Å². The molecule has 1 aliphatic heterocycles. The summed E-state index contributed by atoms with van der Waals surface area (Å²) >= 11 is 0. The van der Waals surface area contributed by atoms with Gasteiger partial charge in [0.25, 0.3) is 5.91 Å². The Morgan fingerprint density at radius 2 is 1.79 bits per heavy atom. The number of nitrogens with zero attached hydrogens (tertiary/aromatic N) is 2. The van der Waals surface area contributed by atoms with Crippen molar-refractivity contribution in [2.75, 3.05) is 18.8 Å². The van der Waals surface area contributed by atoms with Crippen LogP contribution in [0.5, 0.6) is 0 Å². The first-order valence-corrected chi connectivity index (χ1v) is 16.3. The highest BCUT2D eigenvalue weighted by atomic mass is 32.2. The van der Waals surface area contributed by atoms with E-state index in [0.717, 1.165) is 37.6 Å². The molecule has 2 aromatic rings. The third-order valence-corrected chi connectivity index (χ3v) is 10.3. The molecule has 230 valence electrons. The van der Waals surface area contributed by atoms with Gasteiger partial charge in [-0.25, -0.2) is 8.42 Å². The van der Waals surface area contributed by atoms with Gasteiger partial charge in [0.2, 0.25) is 5.91 Å². The predicted octanol–water partition coefficient (Wildman–Crippen LogP) is 5.17. The van der Waals surface area contributed by atoms with Crippen molar-refractivity contribution in [1.29, 1.82) is 0 Å². The number of rotatable bonds is 10. The van der Waals surface area contributed by atoms with Crippen LogP contribution in [0.2, 0.25) is 0 Å². The van der Waals surface area contributed by atoms with E-state index in [0.29, 0.717) is 31.8 Å². The van der Waals surface area contributed by atoms with Crippen molar-refractivity contribution in [3.8, 4) is 0 Å². The van der Waals surface area contributed by atoms with E-state index in [4.69, 9.17) is 0 Å². The van der Waals surface area contributed by atoms with Crippen LogP contribution in [0, 0.1) is 5.92 Å². The van der Waals surface area contributed by atoms with Gasteiger partial charge in [0, 0.05) is 30.2 Å². The SMILES string of the molecule is CCCN(C(C)C)[C@@H]1CC[C@H](N2CC[C@H](NC(=O)c3cccc(C(F)(F)F)c3)C2=O)[C@H](CS(=O)(=O)c2ccccc2)C1. The minimum absolute atomic E-state index is 0.0960. The molecule has 1 saturated carbocycles. The van der Waals surface area contributed by atoms with Gasteiger partial charge in [-0.3, -0.25) is 14.5 Å². The Bertz CT molecular complexity index is 1350. The number of likely N-dealkylation sites (tertiary alicyclic amines) is 1. The number of benzene rings is 2. The number of hydrogen-bond donors (Lipinski definition) is 1. The third kappa shape index (κ3) is 7.34. The monoisotopic (exact) mass is 607 g/mol. The van der Waals surface area contributed by atoms with Crippen LogP contribution in [-0.2, 0) is 20.8 Å². The highest BCUT2D eigenvalue weighted by Crippen LogP contribution is 2.36. The molecule has 42 heavy (non-hydrogen) atoms. The maximum absolute atomic E-state index is 13.6. The largest absolute Gasteiger partial charge is 0.416 e. The average molecular weight is 608 g/mol. The molecule has 0 unspecified atom stereocenters. The Morgan fingerprint density at radius 1 is 1.07 bits per heavy atom. The third-order valence-electron chi connectivity index (χ3n) is 8.46. The van der Waals surface area contributed by atoms with Gasteiger partial charge in [-0.05, 0) is 88.7 Å². The number of hydrogen-bond acceptors (Lipinski definition) is 5. The minimum atomic E-state index is -4.59. The lowest BCUT2D eigenvalue weighted by Crippen LogP contribution is -2.53. The van der Waals surface area contributed by atoms with Crippen molar-refractivity contribution >= 4 is 21.7 Å². The number of alkyl halides is 3. The fourth-order valence-corrected chi connectivity index (χ4v) is 8.17. The molecule has 1 aliphatic carbocycles. The predicted molar refractivity (Wildman–Crippen MR) is 155 cm³/mol. The van der Waals surface area contributed by atoms with E-state index in [1.807, 2.05) is 0 Å². The molecule has 7 nitrogen and oxygen atoms in total. The summed E-state index contributed by atoms with van der Waals surface area (Å²) in [5.74, 6) is -1.48. The number of halogens is 3. The van der Waals surface area contributed by atoms with Gasteiger partial charge in [-0.15, -0.1) is 0 Å². The molecule has 2 aliphatic rings. The minimum Gasteiger partial charge on any atom is -0.340 e. The molecule has 0 radical (unpaired) electrons. The van der Waals surface area contributed by atoms with E-state index >= 15 is 0 Å². The van der Waals surface area contributed by atoms with E-state index in [-0.39, 0.29) is 40.1 Å². The van der Waals surface area contributed by atoms with Crippen molar-refractivity contribution in [1.82, 2.24) is 15.1 Å². The number of nitrogens with one attached hydrogen (secondary N) is 1. The Labute approximate surface area is 246 Å². The maximum atomic E-state index is 13.6. The number of amides is 2. The first-order chi connectivity index (χ1) is 19.8. The van der Waals surface area contributed by atoms with E-state index in [9.17, 15) is 31.2 Å². The lowest BCUT2D eigenvalue weighted by molar-refractivity contribution is -0.137. The average Bonchev–Trinajstić information content (AvgIpc) is 3.30. The molecule has 1 heterocycles. The topological polar surface area (TPSA) is 86.8 Å². The van der Waals surface area contributed by atoms with Gasteiger partial charge in [-0.2, -0.15) is 13.2 Å². The zero-order chi connectivity index (χ0) is 30.7. The quantitative estimate of drug-likeness (QED) is 0.403. The van der Waals surface area contributed by atoms with Crippen LogP contribution in [0.4, 0.5) is 13.2 Å². The Balaban J connectivity index is 1.53. The van der Waals surface area contributed by atoms with Crippen molar-refractivity contribution < 1.29 is 31.2 Å². The second-order valence-corrected chi connectivity index (χ2v) is 13.7. The molecule has 4 rings (SSSR count). The smallest absolute Gasteiger partial charge is 0.340 e. The summed E-state index contributed by atoms with van der Waals surface area (Å²) in [5, 5.41) is 2.62. The van der Waals surface area contributed by atoms with Crippen LogP contribution >= 0.6 is 0 Å². The summed E-state index contributed by atoms with van der Waals surface area (Å²) in [6.45, 7) is 7.64. The van der Waals surface area contributed by atoms with Gasteiger partial charge in [0.1, 0.15) is 6.04 Å². The summed E-state index contributed by atoms with van der Waals surface area (Å²) in [7, 11) is -3.62. The molecule has 2 fully saturated rings. The Morgan fingerprint density at radius 3 is 2.43 bits per heavy atom. The van der Waals surface area contributed by atoms with Crippen molar-refractivity contribution in [2.24, 2.45) is 5.92 Å². The highest BCUT2D eigenvalue weighted by Gasteiger charge is 2.44. The molecular formula is C31H40F3N3O4S. The number of carbonyl (C=O) groups excluding carboxylic acids is 2. The summed E-state index contributed by atoms with van der Waals surface area (Å²) in [6.07, 6.45) is -1.24. The van der Waals surface area contributed by atoms with Crippen LogP contribution in [-0.4, -0.2) is 73.0 Å². The van der Waals surface area contributed by atoms with Crippen LogP contribution in [0.3, 0.4) is 0 Å². The van der Waals surface area contributed by atoms with E-state index in [2.05, 4.69) is 31.0 Å². The summed E-state index contributed by atoms with van der Waals surface area (Å²) in [4.78, 5) is 30.8. The molecular weight excluding hydrogens is 567 g/mol. The van der Waals surface area contributed by atoms with Crippen molar-refractivity contribution in [3.63, 3.8) is 0 Å². The standard InChI is InChI=1S/C31H40F3N3O4S/c1-4-16-36(21(2)3)25-13-14-28(23(19-25)20-42(40,41)26-11-6-5-7-12-26)37-17-15-27(30(37)39)35-29(38)22-9-8-10-24(18-22)31(32,33)34/h5-12,18,21,23,25,27-28H,4,13-17,19-20H2,1-3H3,(H,35,38)/t23-,25+,27-,28-/m0/s1. The van der Waals surface area contributed by atoms with Crippen molar-refractivity contribution in [3.05, 3.63) is 65.7 Å². The number of carbonyl (C=O) groups is 2. The lowest BCUT2D eigenvalue weighted by atomic mass is 9.80. The first-order valence-electron chi connectivity index (χ1n) is 14.6. The molecule has 4 atom stereocenters. The van der Waals surface area contributed by atoms with Gasteiger partial charge in [0.15, 0.2) is 9.84 Å². The molecule has 0 aromatic heterocycles. The van der Waals surface area contributed by atoms with E-state index in [1.54, 1.807) is 35.2 Å². The molecule has 2 amide bonds. The van der Waals surface area contributed by atoms with Gasteiger partial charge in [0.05, 0.1) is 16.2 Å². The Hall–Kier alpha value is -2.92. The van der Waals surface area contributed by atoms with Crippen LogP contribution in [0.15, 0.2) is 59.5 Å². The highest BCUT2D eigenvalue weighted by molar-refractivity contribution is 7.91. The molecule has 2 aromatic carbocycles. The molecule has 11 heteroatoms. The fraction of sp³-hybridized carbons (Fsp3) is 0.548. The lowest BCUT2D eigenvalue weighted by Gasteiger charge is -2.45. The Kier molecular flexibility index (Phi) is 10.0. The number of sulfone groups is 1. The molecule has 1 saturated heterocycles. The molecule has 1 N–H and O–H groups in total. The zero-order valence-corrected chi connectivity index (χ0v) is 25.1. The second kappa shape index (κ2) is 13.2. The van der Waals surface area contributed by atoms with E-state index in [1.165, 1.54) is 6.07 Å².